The van der Waals surface area contributed by atoms with Gasteiger partial charge < -0.3 is 10.5 Å². The first kappa shape index (κ1) is 13.5. The monoisotopic (exact) mass is 249 g/mol. The van der Waals surface area contributed by atoms with Crippen LogP contribution in [0.4, 0.5) is 0 Å². The first-order valence-electron chi connectivity index (χ1n) is 6.63. The molecule has 1 aromatic heterocycles. The first-order valence-corrected chi connectivity index (χ1v) is 6.63. The third-order valence-electron chi connectivity index (χ3n) is 3.85. The smallest absolute Gasteiger partial charge is 0.0698 e. The molecule has 0 spiro atoms. The normalized spacial score (nSPS) is 22.9. The molecule has 2 N–H and O–H groups in total. The van der Waals surface area contributed by atoms with Crippen molar-refractivity contribution < 1.29 is 4.74 Å². The number of ether oxygens (including phenoxy) is 1. The molecule has 1 aromatic rings. The Labute approximate surface area is 109 Å². The minimum atomic E-state index is 0.261. The predicted molar refractivity (Wildman–Crippen MR) is 72.4 cm³/mol. The van der Waals surface area contributed by atoms with Crippen molar-refractivity contribution in [3.05, 3.63) is 29.6 Å². The number of nitrogens with zero attached hydrogens (tertiary/aromatic N) is 2. The summed E-state index contributed by atoms with van der Waals surface area (Å²) in [5, 5.41) is 0. The number of rotatable bonds is 4. The van der Waals surface area contributed by atoms with E-state index >= 15 is 0 Å². The van der Waals surface area contributed by atoms with Crippen LogP contribution in [0.25, 0.3) is 0 Å². The summed E-state index contributed by atoms with van der Waals surface area (Å²) in [7, 11) is 1.79. The van der Waals surface area contributed by atoms with Crippen molar-refractivity contribution in [2.75, 3.05) is 26.7 Å². The number of hydrogen-bond donors (Lipinski definition) is 1. The van der Waals surface area contributed by atoms with Gasteiger partial charge in [-0.05, 0) is 43.5 Å². The minimum Gasteiger partial charge on any atom is -0.380 e. The fourth-order valence-corrected chi connectivity index (χ4v) is 2.74. The molecule has 0 radical (unpaired) electrons. The highest BCUT2D eigenvalue weighted by Gasteiger charge is 2.26. The molecule has 0 saturated carbocycles. The molecular formula is C14H23N3O. The molecule has 1 fully saturated rings. The Morgan fingerprint density at radius 3 is 3.11 bits per heavy atom. The second kappa shape index (κ2) is 6.27. The summed E-state index contributed by atoms with van der Waals surface area (Å²) < 4.78 is 5.48. The van der Waals surface area contributed by atoms with E-state index in [9.17, 15) is 0 Å². The highest BCUT2D eigenvalue weighted by Crippen LogP contribution is 2.26. The average molecular weight is 249 g/mol. The van der Waals surface area contributed by atoms with Gasteiger partial charge in [0, 0.05) is 38.6 Å². The largest absolute Gasteiger partial charge is 0.380 e. The van der Waals surface area contributed by atoms with E-state index < -0.39 is 0 Å². The van der Waals surface area contributed by atoms with Crippen LogP contribution in [-0.2, 0) is 4.74 Å². The highest BCUT2D eigenvalue weighted by atomic mass is 16.5. The Bertz CT molecular complexity index is 383. The summed E-state index contributed by atoms with van der Waals surface area (Å²) in [4.78, 5) is 6.67. The lowest BCUT2D eigenvalue weighted by molar-refractivity contribution is 0.0153. The number of likely N-dealkylation sites (tertiary alicyclic amines) is 1. The van der Waals surface area contributed by atoms with Crippen molar-refractivity contribution in [2.45, 2.75) is 31.9 Å². The molecule has 1 aliphatic rings. The van der Waals surface area contributed by atoms with Gasteiger partial charge in [-0.3, -0.25) is 9.88 Å². The summed E-state index contributed by atoms with van der Waals surface area (Å²) in [6.45, 7) is 4.81. The topological polar surface area (TPSA) is 51.4 Å². The number of pyridine rings is 1. The van der Waals surface area contributed by atoms with Gasteiger partial charge >= 0.3 is 0 Å². The maximum Gasteiger partial charge on any atom is 0.0698 e. The van der Waals surface area contributed by atoms with E-state index in [4.69, 9.17) is 10.5 Å². The van der Waals surface area contributed by atoms with Gasteiger partial charge in [-0.15, -0.1) is 0 Å². The predicted octanol–water partition coefficient (Wildman–Crippen LogP) is 1.50. The fraction of sp³-hybridized carbons (Fsp3) is 0.643. The molecule has 2 atom stereocenters. The van der Waals surface area contributed by atoms with E-state index in [0.717, 1.165) is 19.5 Å². The third-order valence-corrected chi connectivity index (χ3v) is 3.85. The maximum atomic E-state index is 5.98. The third kappa shape index (κ3) is 2.88. The Morgan fingerprint density at radius 2 is 2.44 bits per heavy atom. The summed E-state index contributed by atoms with van der Waals surface area (Å²) >= 11 is 0. The van der Waals surface area contributed by atoms with E-state index in [1.807, 2.05) is 12.4 Å². The number of methoxy groups -OCH3 is 1. The highest BCUT2D eigenvalue weighted by molar-refractivity contribution is 5.25. The average Bonchev–Trinajstić information content (AvgIpc) is 2.42. The van der Waals surface area contributed by atoms with Crippen LogP contribution in [0.1, 0.15) is 30.0 Å². The molecule has 2 heterocycles. The van der Waals surface area contributed by atoms with Crippen LogP contribution in [0.5, 0.6) is 0 Å². The van der Waals surface area contributed by atoms with Gasteiger partial charge in [0.15, 0.2) is 0 Å². The van der Waals surface area contributed by atoms with Gasteiger partial charge in [0.2, 0.25) is 0 Å². The Hall–Kier alpha value is -0.970. The molecule has 18 heavy (non-hydrogen) atoms. The van der Waals surface area contributed by atoms with Crippen molar-refractivity contribution in [1.29, 1.82) is 0 Å². The minimum absolute atomic E-state index is 0.261. The van der Waals surface area contributed by atoms with Crippen molar-refractivity contribution in [3.63, 3.8) is 0 Å². The number of hydrogen-bond acceptors (Lipinski definition) is 4. The molecule has 0 aromatic carbocycles. The molecule has 0 amide bonds. The quantitative estimate of drug-likeness (QED) is 0.878. The lowest BCUT2D eigenvalue weighted by Gasteiger charge is -2.37. The first-order chi connectivity index (χ1) is 8.76. The van der Waals surface area contributed by atoms with E-state index in [1.54, 1.807) is 7.11 Å². The zero-order chi connectivity index (χ0) is 13.0. The Kier molecular flexibility index (Phi) is 4.69. The van der Waals surface area contributed by atoms with Gasteiger partial charge in [0.25, 0.3) is 0 Å². The summed E-state index contributed by atoms with van der Waals surface area (Å²) in [5.74, 6) is 0. The van der Waals surface area contributed by atoms with Gasteiger partial charge in [-0.25, -0.2) is 0 Å². The molecule has 2 rings (SSSR count). The van der Waals surface area contributed by atoms with Crippen LogP contribution < -0.4 is 5.73 Å². The van der Waals surface area contributed by atoms with E-state index in [2.05, 4.69) is 22.9 Å². The summed E-state index contributed by atoms with van der Waals surface area (Å²) in [5.41, 5.74) is 8.49. The fourth-order valence-electron chi connectivity index (χ4n) is 2.74. The molecule has 0 aliphatic carbocycles. The van der Waals surface area contributed by atoms with Crippen LogP contribution >= 0.6 is 0 Å². The molecule has 1 aliphatic heterocycles. The zero-order valence-corrected chi connectivity index (χ0v) is 11.3. The second-order valence-corrected chi connectivity index (χ2v) is 4.98. The molecule has 100 valence electrons. The van der Waals surface area contributed by atoms with E-state index in [0.29, 0.717) is 12.6 Å². The summed E-state index contributed by atoms with van der Waals surface area (Å²) in [6, 6.07) is 2.31. The number of piperidine rings is 1. The van der Waals surface area contributed by atoms with Crippen LogP contribution in [0.15, 0.2) is 18.5 Å². The number of aromatic nitrogens is 1. The molecule has 4 nitrogen and oxygen atoms in total. The van der Waals surface area contributed by atoms with E-state index in [1.165, 1.54) is 17.5 Å². The van der Waals surface area contributed by atoms with Crippen molar-refractivity contribution >= 4 is 0 Å². The molecule has 1 saturated heterocycles. The van der Waals surface area contributed by atoms with Crippen LogP contribution in [0, 0.1) is 6.92 Å². The maximum absolute atomic E-state index is 5.98. The van der Waals surface area contributed by atoms with Crippen molar-refractivity contribution in [2.24, 2.45) is 5.73 Å². The number of nitrogens with two attached hydrogens (primary N) is 1. The van der Waals surface area contributed by atoms with Gasteiger partial charge in [-0.2, -0.15) is 0 Å². The van der Waals surface area contributed by atoms with Gasteiger partial charge in [-0.1, -0.05) is 0 Å². The SMILES string of the molecule is COC1CCCN(C(CN)c2cnccc2C)C1. The second-order valence-electron chi connectivity index (χ2n) is 4.98. The van der Waals surface area contributed by atoms with Gasteiger partial charge in [0.1, 0.15) is 0 Å². The zero-order valence-electron chi connectivity index (χ0n) is 11.3. The Balaban J connectivity index is 2.15. The van der Waals surface area contributed by atoms with Crippen molar-refractivity contribution in [3.8, 4) is 0 Å². The summed E-state index contributed by atoms with van der Waals surface area (Å²) in [6.07, 6.45) is 6.44. The van der Waals surface area contributed by atoms with Crippen molar-refractivity contribution in [1.82, 2.24) is 9.88 Å². The lowest BCUT2D eigenvalue weighted by Crippen LogP contribution is -2.43. The van der Waals surface area contributed by atoms with E-state index in [-0.39, 0.29) is 6.04 Å². The molecule has 2 unspecified atom stereocenters. The number of aryl methyl sites for hydroxylation is 1. The molecule has 0 bridgehead atoms. The molecular weight excluding hydrogens is 226 g/mol. The standard InChI is InChI=1S/C14H23N3O/c1-11-5-6-16-9-13(11)14(8-15)17-7-3-4-12(10-17)18-2/h5-6,9,12,14H,3-4,7-8,10,15H2,1-2H3. The molecule has 4 heteroatoms. The van der Waals surface area contributed by atoms with Gasteiger partial charge in [0.05, 0.1) is 6.10 Å². The van der Waals surface area contributed by atoms with Crippen LogP contribution in [0.3, 0.4) is 0 Å². The lowest BCUT2D eigenvalue weighted by atomic mass is 9.99. The Morgan fingerprint density at radius 1 is 1.61 bits per heavy atom. The van der Waals surface area contributed by atoms with Crippen LogP contribution in [0.2, 0.25) is 0 Å². The van der Waals surface area contributed by atoms with Crippen LogP contribution in [-0.4, -0.2) is 42.7 Å².